The molecule has 4 rings (SSSR count). The Morgan fingerprint density at radius 1 is 1.07 bits per heavy atom. The number of fused-ring (bicyclic) bond motifs is 1. The Morgan fingerprint density at radius 3 is 2.68 bits per heavy atom. The van der Waals surface area contributed by atoms with Crippen molar-refractivity contribution in [3.63, 3.8) is 0 Å². The van der Waals surface area contributed by atoms with E-state index in [9.17, 15) is 9.59 Å². The van der Waals surface area contributed by atoms with Crippen LogP contribution >= 0.6 is 11.8 Å². The molecule has 2 aliphatic heterocycles. The molecule has 0 aromatic heterocycles. The molecule has 0 atom stereocenters. The zero-order valence-corrected chi connectivity index (χ0v) is 16.7. The van der Waals surface area contributed by atoms with Gasteiger partial charge in [0.15, 0.2) is 0 Å². The minimum absolute atomic E-state index is 0.0262. The molecule has 0 spiro atoms. The highest BCUT2D eigenvalue weighted by molar-refractivity contribution is 8.00. The first kappa shape index (κ1) is 19.0. The van der Waals surface area contributed by atoms with Crippen molar-refractivity contribution in [3.05, 3.63) is 59.2 Å². The van der Waals surface area contributed by atoms with Gasteiger partial charge in [-0.3, -0.25) is 14.5 Å². The number of nitrogens with one attached hydrogen (secondary N) is 2. The second-order valence-electron chi connectivity index (χ2n) is 7.34. The molecule has 6 heteroatoms. The van der Waals surface area contributed by atoms with E-state index in [4.69, 9.17) is 0 Å². The molecule has 2 heterocycles. The SMILES string of the molecule is O=C1CSc2ccc(C(=O)NCc3ccccc3CN3CCCCC3)cc2N1. The maximum absolute atomic E-state index is 12.6. The molecular weight excluding hydrogens is 370 g/mol. The van der Waals surface area contributed by atoms with Crippen molar-refractivity contribution in [1.29, 1.82) is 0 Å². The summed E-state index contributed by atoms with van der Waals surface area (Å²) < 4.78 is 0. The lowest BCUT2D eigenvalue weighted by molar-refractivity contribution is -0.113. The molecule has 146 valence electrons. The Morgan fingerprint density at radius 2 is 1.86 bits per heavy atom. The highest BCUT2D eigenvalue weighted by Crippen LogP contribution is 2.32. The van der Waals surface area contributed by atoms with E-state index < -0.39 is 0 Å². The summed E-state index contributed by atoms with van der Waals surface area (Å²) >= 11 is 1.50. The summed E-state index contributed by atoms with van der Waals surface area (Å²) in [5, 5.41) is 5.87. The van der Waals surface area contributed by atoms with Crippen LogP contribution in [-0.4, -0.2) is 35.6 Å². The van der Waals surface area contributed by atoms with Crippen molar-refractivity contribution in [3.8, 4) is 0 Å². The summed E-state index contributed by atoms with van der Waals surface area (Å²) in [4.78, 5) is 27.7. The number of thioether (sulfide) groups is 1. The number of nitrogens with zero attached hydrogens (tertiary/aromatic N) is 1. The van der Waals surface area contributed by atoms with Gasteiger partial charge in [0.2, 0.25) is 5.91 Å². The molecule has 0 radical (unpaired) electrons. The number of amides is 2. The summed E-state index contributed by atoms with van der Waals surface area (Å²) in [6.45, 7) is 3.74. The van der Waals surface area contributed by atoms with Crippen molar-refractivity contribution in [2.45, 2.75) is 37.2 Å². The lowest BCUT2D eigenvalue weighted by Crippen LogP contribution is -2.30. The van der Waals surface area contributed by atoms with Gasteiger partial charge in [-0.25, -0.2) is 0 Å². The third kappa shape index (κ3) is 4.56. The first-order chi connectivity index (χ1) is 13.7. The van der Waals surface area contributed by atoms with Gasteiger partial charge in [0.25, 0.3) is 5.91 Å². The van der Waals surface area contributed by atoms with Crippen LogP contribution in [0.2, 0.25) is 0 Å². The maximum atomic E-state index is 12.6. The number of likely N-dealkylation sites (tertiary alicyclic amines) is 1. The minimum atomic E-state index is -0.125. The predicted octanol–water partition coefficient (Wildman–Crippen LogP) is 3.65. The van der Waals surface area contributed by atoms with Gasteiger partial charge < -0.3 is 10.6 Å². The third-order valence-corrected chi connectivity index (χ3v) is 6.35. The standard InChI is InChI=1S/C22H25N3O2S/c26-21-15-28-20-9-8-16(12-19(20)24-21)22(27)23-13-17-6-2-3-7-18(17)14-25-10-4-1-5-11-25/h2-3,6-9,12H,1,4-5,10-11,13-15H2,(H,23,27)(H,24,26). The predicted molar refractivity (Wildman–Crippen MR) is 113 cm³/mol. The Bertz CT molecular complexity index is 878. The van der Waals surface area contributed by atoms with Gasteiger partial charge in [-0.15, -0.1) is 11.8 Å². The highest BCUT2D eigenvalue weighted by atomic mass is 32.2. The second kappa shape index (κ2) is 8.80. The summed E-state index contributed by atoms with van der Waals surface area (Å²) in [6, 6.07) is 13.8. The van der Waals surface area contributed by atoms with E-state index >= 15 is 0 Å². The molecule has 0 bridgehead atoms. The molecule has 0 unspecified atom stereocenters. The lowest BCUT2D eigenvalue weighted by atomic mass is 10.0. The van der Waals surface area contributed by atoms with E-state index in [0.29, 0.717) is 17.9 Å². The number of benzene rings is 2. The van der Waals surface area contributed by atoms with Crippen molar-refractivity contribution in [1.82, 2.24) is 10.2 Å². The molecule has 1 saturated heterocycles. The molecule has 2 aromatic carbocycles. The lowest BCUT2D eigenvalue weighted by Gasteiger charge is -2.27. The van der Waals surface area contributed by atoms with Crippen LogP contribution in [-0.2, 0) is 17.9 Å². The van der Waals surface area contributed by atoms with Crippen molar-refractivity contribution < 1.29 is 9.59 Å². The van der Waals surface area contributed by atoms with Crippen molar-refractivity contribution in [2.75, 3.05) is 24.2 Å². The van der Waals surface area contributed by atoms with Crippen LogP contribution in [0.3, 0.4) is 0 Å². The maximum Gasteiger partial charge on any atom is 0.251 e. The van der Waals surface area contributed by atoms with E-state index in [1.165, 1.54) is 36.6 Å². The fraction of sp³-hybridized carbons (Fsp3) is 0.364. The van der Waals surface area contributed by atoms with E-state index in [2.05, 4.69) is 33.7 Å². The molecule has 0 saturated carbocycles. The van der Waals surface area contributed by atoms with Crippen LogP contribution in [0.15, 0.2) is 47.4 Å². The fourth-order valence-corrected chi connectivity index (χ4v) is 4.53. The molecule has 2 aliphatic rings. The van der Waals surface area contributed by atoms with Gasteiger partial charge in [0.05, 0.1) is 11.4 Å². The zero-order valence-electron chi connectivity index (χ0n) is 15.9. The number of anilines is 1. The van der Waals surface area contributed by atoms with Crippen LogP contribution in [0.5, 0.6) is 0 Å². The van der Waals surface area contributed by atoms with Crippen LogP contribution in [0.4, 0.5) is 5.69 Å². The second-order valence-corrected chi connectivity index (χ2v) is 8.35. The van der Waals surface area contributed by atoms with E-state index in [-0.39, 0.29) is 11.8 Å². The fourth-order valence-electron chi connectivity index (χ4n) is 3.74. The molecule has 2 aromatic rings. The normalized spacial score (nSPS) is 16.9. The van der Waals surface area contributed by atoms with Crippen LogP contribution < -0.4 is 10.6 Å². The number of hydrogen-bond donors (Lipinski definition) is 2. The Hall–Kier alpha value is -2.31. The molecule has 2 amide bonds. The Labute approximate surface area is 169 Å². The van der Waals surface area contributed by atoms with Gasteiger partial charge >= 0.3 is 0 Å². The molecule has 1 fully saturated rings. The average Bonchev–Trinajstić information content (AvgIpc) is 2.73. The van der Waals surface area contributed by atoms with Gasteiger partial charge in [0, 0.05) is 23.5 Å². The first-order valence-electron chi connectivity index (χ1n) is 9.83. The molecule has 28 heavy (non-hydrogen) atoms. The molecule has 0 aliphatic carbocycles. The van der Waals surface area contributed by atoms with Crippen LogP contribution in [0, 0.1) is 0 Å². The van der Waals surface area contributed by atoms with Crippen molar-refractivity contribution >= 4 is 29.3 Å². The minimum Gasteiger partial charge on any atom is -0.348 e. The summed E-state index contributed by atoms with van der Waals surface area (Å²) in [5.41, 5.74) is 3.72. The van der Waals surface area contributed by atoms with E-state index in [1.54, 1.807) is 6.07 Å². The highest BCUT2D eigenvalue weighted by Gasteiger charge is 2.18. The topological polar surface area (TPSA) is 61.4 Å². The van der Waals surface area contributed by atoms with Gasteiger partial charge in [-0.2, -0.15) is 0 Å². The average molecular weight is 396 g/mol. The smallest absolute Gasteiger partial charge is 0.251 e. The first-order valence-corrected chi connectivity index (χ1v) is 10.8. The third-order valence-electron chi connectivity index (χ3n) is 5.28. The van der Waals surface area contributed by atoms with Crippen LogP contribution in [0.1, 0.15) is 40.7 Å². The van der Waals surface area contributed by atoms with Gasteiger partial charge in [-0.1, -0.05) is 30.7 Å². The van der Waals surface area contributed by atoms with Crippen LogP contribution in [0.25, 0.3) is 0 Å². The molecular formula is C22H25N3O2S. The number of carbonyl (C=O) groups excluding carboxylic acids is 2. The quantitative estimate of drug-likeness (QED) is 0.811. The largest absolute Gasteiger partial charge is 0.348 e. The number of hydrogen-bond acceptors (Lipinski definition) is 4. The summed E-state index contributed by atoms with van der Waals surface area (Å²) in [5.74, 6) is 0.272. The van der Waals surface area contributed by atoms with Crippen molar-refractivity contribution in [2.24, 2.45) is 0 Å². The summed E-state index contributed by atoms with van der Waals surface area (Å²) in [7, 11) is 0. The van der Waals surface area contributed by atoms with Gasteiger partial charge in [0.1, 0.15) is 0 Å². The molecule has 5 nitrogen and oxygen atoms in total. The monoisotopic (exact) mass is 395 g/mol. The van der Waals surface area contributed by atoms with E-state index in [0.717, 1.165) is 35.8 Å². The number of piperidine rings is 1. The van der Waals surface area contributed by atoms with Gasteiger partial charge in [-0.05, 0) is 55.3 Å². The zero-order chi connectivity index (χ0) is 19.3. The molecule has 2 N–H and O–H groups in total. The Kier molecular flexibility index (Phi) is 5.98. The van der Waals surface area contributed by atoms with E-state index in [1.807, 2.05) is 18.2 Å². The Balaban J connectivity index is 1.41. The summed E-state index contributed by atoms with van der Waals surface area (Å²) in [6.07, 6.45) is 3.87. The number of rotatable bonds is 5. The number of carbonyl (C=O) groups is 2.